The summed E-state index contributed by atoms with van der Waals surface area (Å²) in [4.78, 5) is 0. The van der Waals surface area contributed by atoms with Gasteiger partial charge in [-0.2, -0.15) is 0 Å². The number of hydrogen-bond donors (Lipinski definition) is 1. The van der Waals surface area contributed by atoms with Crippen LogP contribution in [0.4, 0.5) is 0 Å². The van der Waals surface area contributed by atoms with Crippen molar-refractivity contribution < 1.29 is 4.74 Å². The van der Waals surface area contributed by atoms with Gasteiger partial charge in [0.1, 0.15) is 5.75 Å². The van der Waals surface area contributed by atoms with Crippen LogP contribution in [0.2, 0.25) is 5.02 Å². The average molecular weight is 353 g/mol. The smallest absolute Gasteiger partial charge is 0.122 e. The number of halogens is 2. The fraction of sp³-hybridized carbons (Fsp3) is 0.250. The molecule has 104 valence electrons. The first kappa shape index (κ1) is 13.9. The number of nitrogens with one attached hydrogen (secondary N) is 1. The van der Waals surface area contributed by atoms with E-state index in [0.29, 0.717) is 0 Å². The molecule has 20 heavy (non-hydrogen) atoms. The van der Waals surface area contributed by atoms with Crippen LogP contribution in [0.3, 0.4) is 0 Å². The second-order valence-corrected chi connectivity index (χ2v) is 6.06. The zero-order valence-electron chi connectivity index (χ0n) is 11.1. The first-order valence-electron chi connectivity index (χ1n) is 6.57. The predicted molar refractivity (Wildman–Crippen MR) is 85.7 cm³/mol. The van der Waals surface area contributed by atoms with E-state index in [9.17, 15) is 0 Å². The molecule has 1 aliphatic heterocycles. The lowest BCUT2D eigenvalue weighted by Crippen LogP contribution is -2.18. The molecular weight excluding hydrogens is 338 g/mol. The van der Waals surface area contributed by atoms with Gasteiger partial charge in [-0.3, -0.25) is 0 Å². The Morgan fingerprint density at radius 3 is 2.95 bits per heavy atom. The average Bonchev–Trinajstić information content (AvgIpc) is 2.92. The Bertz CT molecular complexity index is 644. The maximum absolute atomic E-state index is 6.42. The van der Waals surface area contributed by atoms with E-state index in [4.69, 9.17) is 16.3 Å². The molecule has 0 saturated heterocycles. The number of fused-ring (bicyclic) bond motifs is 1. The van der Waals surface area contributed by atoms with Crippen molar-refractivity contribution in [1.82, 2.24) is 5.32 Å². The molecule has 0 spiro atoms. The predicted octanol–water partition coefficient (Wildman–Crippen LogP) is 4.35. The van der Waals surface area contributed by atoms with E-state index in [2.05, 4.69) is 39.4 Å². The molecule has 0 radical (unpaired) electrons. The molecule has 0 aliphatic carbocycles. The summed E-state index contributed by atoms with van der Waals surface area (Å²) in [5, 5.41) is 4.10. The van der Waals surface area contributed by atoms with Crippen molar-refractivity contribution in [2.45, 2.75) is 12.5 Å². The van der Waals surface area contributed by atoms with Crippen LogP contribution < -0.4 is 10.1 Å². The summed E-state index contributed by atoms with van der Waals surface area (Å²) in [5.41, 5.74) is 3.55. The van der Waals surface area contributed by atoms with Crippen molar-refractivity contribution in [2.75, 3.05) is 13.7 Å². The lowest BCUT2D eigenvalue weighted by Gasteiger charge is -2.20. The Kier molecular flexibility index (Phi) is 4.01. The van der Waals surface area contributed by atoms with Crippen LogP contribution in [0.1, 0.15) is 22.7 Å². The summed E-state index contributed by atoms with van der Waals surface area (Å²) < 4.78 is 6.48. The van der Waals surface area contributed by atoms with Gasteiger partial charge in [0.2, 0.25) is 0 Å². The molecule has 1 unspecified atom stereocenters. The minimum atomic E-state index is 0.0749. The SMILES string of the molecule is CNC(c1ccc2c(c1)CCO2)c1cccc(Br)c1Cl. The quantitative estimate of drug-likeness (QED) is 0.887. The maximum atomic E-state index is 6.42. The van der Waals surface area contributed by atoms with E-state index in [-0.39, 0.29) is 6.04 Å². The van der Waals surface area contributed by atoms with Crippen LogP contribution in [0.15, 0.2) is 40.9 Å². The van der Waals surface area contributed by atoms with Gasteiger partial charge in [0.25, 0.3) is 0 Å². The Hall–Kier alpha value is -1.03. The van der Waals surface area contributed by atoms with Crippen molar-refractivity contribution in [3.63, 3.8) is 0 Å². The van der Waals surface area contributed by atoms with Gasteiger partial charge in [-0.25, -0.2) is 0 Å². The number of rotatable bonds is 3. The maximum Gasteiger partial charge on any atom is 0.122 e. The molecule has 4 heteroatoms. The van der Waals surface area contributed by atoms with Gasteiger partial charge in [-0.15, -0.1) is 0 Å². The molecular formula is C16H15BrClNO. The third kappa shape index (κ3) is 2.46. The molecule has 0 amide bonds. The standard InChI is InChI=1S/C16H15BrClNO/c1-19-16(12-3-2-4-13(17)15(12)18)11-5-6-14-10(9-11)7-8-20-14/h2-6,9,16,19H,7-8H2,1H3. The van der Waals surface area contributed by atoms with E-state index >= 15 is 0 Å². The highest BCUT2D eigenvalue weighted by atomic mass is 79.9. The van der Waals surface area contributed by atoms with Crippen molar-refractivity contribution in [3.05, 3.63) is 62.6 Å². The summed E-state index contributed by atoms with van der Waals surface area (Å²) in [6.45, 7) is 0.778. The summed E-state index contributed by atoms with van der Waals surface area (Å²) in [6.07, 6.45) is 0.978. The zero-order valence-corrected chi connectivity index (χ0v) is 13.5. The first-order chi connectivity index (χ1) is 9.70. The molecule has 2 aromatic carbocycles. The van der Waals surface area contributed by atoms with Crippen molar-refractivity contribution in [2.24, 2.45) is 0 Å². The summed E-state index contributed by atoms with van der Waals surface area (Å²) in [5.74, 6) is 1.00. The van der Waals surface area contributed by atoms with Crippen LogP contribution in [0, 0.1) is 0 Å². The van der Waals surface area contributed by atoms with Gasteiger partial charge in [0, 0.05) is 10.9 Å². The van der Waals surface area contributed by atoms with Crippen LogP contribution in [0.25, 0.3) is 0 Å². The molecule has 2 aromatic rings. The highest BCUT2D eigenvalue weighted by Gasteiger charge is 2.19. The molecule has 0 fully saturated rings. The lowest BCUT2D eigenvalue weighted by molar-refractivity contribution is 0.357. The summed E-state index contributed by atoms with van der Waals surface area (Å²) in [6, 6.07) is 12.4. The largest absolute Gasteiger partial charge is 0.493 e. The summed E-state index contributed by atoms with van der Waals surface area (Å²) in [7, 11) is 1.95. The number of ether oxygens (including phenoxy) is 1. The number of benzene rings is 2. The topological polar surface area (TPSA) is 21.3 Å². The van der Waals surface area contributed by atoms with Gasteiger partial charge in [-0.1, -0.05) is 35.9 Å². The minimum Gasteiger partial charge on any atom is -0.493 e. The molecule has 1 heterocycles. The van der Waals surface area contributed by atoms with Gasteiger partial charge in [0.15, 0.2) is 0 Å². The zero-order chi connectivity index (χ0) is 14.1. The molecule has 1 aliphatic rings. The van der Waals surface area contributed by atoms with Crippen LogP contribution in [-0.2, 0) is 6.42 Å². The van der Waals surface area contributed by atoms with E-state index in [1.54, 1.807) is 0 Å². The highest BCUT2D eigenvalue weighted by Crippen LogP contribution is 2.35. The fourth-order valence-electron chi connectivity index (χ4n) is 2.63. The molecule has 1 N–H and O–H groups in total. The monoisotopic (exact) mass is 351 g/mol. The summed E-state index contributed by atoms with van der Waals surface area (Å²) >= 11 is 9.91. The van der Waals surface area contributed by atoms with Crippen molar-refractivity contribution in [3.8, 4) is 5.75 Å². The number of hydrogen-bond acceptors (Lipinski definition) is 2. The Labute approximate surface area is 132 Å². The van der Waals surface area contributed by atoms with E-state index < -0.39 is 0 Å². The molecule has 0 bridgehead atoms. The van der Waals surface area contributed by atoms with E-state index in [0.717, 1.165) is 33.8 Å². The highest BCUT2D eigenvalue weighted by molar-refractivity contribution is 9.10. The molecule has 2 nitrogen and oxygen atoms in total. The van der Waals surface area contributed by atoms with E-state index in [1.165, 1.54) is 11.1 Å². The van der Waals surface area contributed by atoms with Gasteiger partial charge in [-0.05, 0) is 51.8 Å². The normalized spacial score (nSPS) is 14.8. The van der Waals surface area contributed by atoms with Crippen LogP contribution in [-0.4, -0.2) is 13.7 Å². The van der Waals surface area contributed by atoms with Gasteiger partial charge < -0.3 is 10.1 Å². The van der Waals surface area contributed by atoms with Crippen molar-refractivity contribution in [1.29, 1.82) is 0 Å². The second-order valence-electron chi connectivity index (χ2n) is 4.83. The van der Waals surface area contributed by atoms with Gasteiger partial charge >= 0.3 is 0 Å². The molecule has 1 atom stereocenters. The van der Waals surface area contributed by atoms with Gasteiger partial charge in [0.05, 0.1) is 17.7 Å². The Morgan fingerprint density at radius 1 is 1.30 bits per heavy atom. The van der Waals surface area contributed by atoms with E-state index in [1.807, 2.05) is 25.2 Å². The fourth-order valence-corrected chi connectivity index (χ4v) is 3.25. The van der Waals surface area contributed by atoms with Crippen molar-refractivity contribution >= 4 is 27.5 Å². The molecule has 0 saturated carbocycles. The molecule has 3 rings (SSSR count). The molecule has 0 aromatic heterocycles. The lowest BCUT2D eigenvalue weighted by atomic mass is 9.96. The first-order valence-corrected chi connectivity index (χ1v) is 7.74. The Morgan fingerprint density at radius 2 is 2.15 bits per heavy atom. The second kappa shape index (κ2) is 5.76. The van der Waals surface area contributed by atoms with Crippen LogP contribution >= 0.6 is 27.5 Å². The Balaban J connectivity index is 2.03. The van der Waals surface area contributed by atoms with Crippen LogP contribution in [0.5, 0.6) is 5.75 Å². The third-order valence-electron chi connectivity index (χ3n) is 3.63. The minimum absolute atomic E-state index is 0.0749. The third-order valence-corrected chi connectivity index (χ3v) is 4.94.